The molecular weight excluding hydrogens is 311 g/mol. The summed E-state index contributed by atoms with van der Waals surface area (Å²) >= 11 is 0. The Bertz CT molecular complexity index is 700. The van der Waals surface area contributed by atoms with Gasteiger partial charge in [0.05, 0.1) is 11.3 Å². The summed E-state index contributed by atoms with van der Waals surface area (Å²) in [5.41, 5.74) is 5.88. The highest BCUT2D eigenvalue weighted by atomic mass is 19.4. The highest BCUT2D eigenvalue weighted by molar-refractivity contribution is 5.91. The third-order valence-electron chi connectivity index (χ3n) is 2.88. The van der Waals surface area contributed by atoms with E-state index in [1.165, 1.54) is 31.2 Å². The molecular formula is C15H14F3N3O2. The van der Waals surface area contributed by atoms with Crippen molar-refractivity contribution in [2.45, 2.75) is 19.7 Å². The van der Waals surface area contributed by atoms with Crippen LogP contribution in [0.3, 0.4) is 0 Å². The third kappa shape index (κ3) is 4.60. The van der Waals surface area contributed by atoms with E-state index in [-0.39, 0.29) is 24.2 Å². The molecule has 0 atom stereocenters. The van der Waals surface area contributed by atoms with Crippen LogP contribution < -0.4 is 15.8 Å². The quantitative estimate of drug-likeness (QED) is 0.905. The molecule has 0 fully saturated rings. The molecule has 1 aromatic carbocycles. The predicted molar refractivity (Wildman–Crippen MR) is 78.7 cm³/mol. The molecule has 2 rings (SSSR count). The van der Waals surface area contributed by atoms with Crippen LogP contribution in [0.5, 0.6) is 5.88 Å². The molecule has 0 aliphatic rings. The van der Waals surface area contributed by atoms with E-state index in [0.29, 0.717) is 11.3 Å². The molecule has 0 bridgehead atoms. The van der Waals surface area contributed by atoms with Crippen molar-refractivity contribution in [3.8, 4) is 5.88 Å². The molecule has 0 aliphatic heterocycles. The van der Waals surface area contributed by atoms with Gasteiger partial charge in [-0.1, -0.05) is 12.1 Å². The van der Waals surface area contributed by atoms with E-state index in [9.17, 15) is 18.0 Å². The first-order chi connectivity index (χ1) is 10.8. The predicted octanol–water partition coefficient (Wildman–Crippen LogP) is 3.22. The molecule has 0 saturated carbocycles. The van der Waals surface area contributed by atoms with Gasteiger partial charge in [0.25, 0.3) is 0 Å². The average Bonchev–Trinajstić information content (AvgIpc) is 2.47. The molecule has 8 heteroatoms. The van der Waals surface area contributed by atoms with Gasteiger partial charge in [-0.3, -0.25) is 4.79 Å². The number of nitrogen functional groups attached to an aromatic ring is 1. The molecule has 0 spiro atoms. The Hall–Kier alpha value is -2.77. The van der Waals surface area contributed by atoms with Crippen LogP contribution in [0.2, 0.25) is 0 Å². The zero-order valence-corrected chi connectivity index (χ0v) is 12.1. The standard InChI is InChI=1S/C15H14F3N3O2/c1-9(22)20-12-6-7-13(21-14(12)19)23-8-10-2-4-11(5-3-10)15(16,17)18/h2-7H,8H2,1H3,(H2,19,21)(H,20,22). The number of alkyl halides is 3. The summed E-state index contributed by atoms with van der Waals surface area (Å²) in [6.45, 7) is 1.39. The van der Waals surface area contributed by atoms with Gasteiger partial charge in [0.15, 0.2) is 5.82 Å². The maximum absolute atomic E-state index is 12.5. The molecule has 3 N–H and O–H groups in total. The lowest BCUT2D eigenvalue weighted by Crippen LogP contribution is -2.09. The summed E-state index contributed by atoms with van der Waals surface area (Å²) < 4.78 is 42.7. The molecule has 1 heterocycles. The summed E-state index contributed by atoms with van der Waals surface area (Å²) in [4.78, 5) is 14.9. The highest BCUT2D eigenvalue weighted by Gasteiger charge is 2.29. The minimum atomic E-state index is -4.37. The minimum Gasteiger partial charge on any atom is -0.473 e. The number of rotatable bonds is 4. The Morgan fingerprint density at radius 1 is 1.22 bits per heavy atom. The third-order valence-corrected chi connectivity index (χ3v) is 2.88. The van der Waals surface area contributed by atoms with Gasteiger partial charge >= 0.3 is 6.18 Å². The monoisotopic (exact) mass is 325 g/mol. The van der Waals surface area contributed by atoms with Gasteiger partial charge in [-0.25, -0.2) is 0 Å². The smallest absolute Gasteiger partial charge is 0.416 e. The van der Waals surface area contributed by atoms with E-state index in [4.69, 9.17) is 10.5 Å². The van der Waals surface area contributed by atoms with Crippen LogP contribution in [0.15, 0.2) is 36.4 Å². The van der Waals surface area contributed by atoms with Gasteiger partial charge in [0.2, 0.25) is 11.8 Å². The summed E-state index contributed by atoms with van der Waals surface area (Å²) in [6.07, 6.45) is -4.37. The first kappa shape index (κ1) is 16.6. The first-order valence-corrected chi connectivity index (χ1v) is 6.59. The normalized spacial score (nSPS) is 11.1. The Morgan fingerprint density at radius 2 is 1.87 bits per heavy atom. The highest BCUT2D eigenvalue weighted by Crippen LogP contribution is 2.29. The number of benzene rings is 1. The number of nitrogens with zero attached hydrogens (tertiary/aromatic N) is 1. The summed E-state index contributed by atoms with van der Waals surface area (Å²) in [5.74, 6) is 0.0125. The van der Waals surface area contributed by atoms with Crippen LogP contribution in [0.1, 0.15) is 18.1 Å². The fraction of sp³-hybridized carbons (Fsp3) is 0.200. The van der Waals surface area contributed by atoms with Gasteiger partial charge in [-0.05, 0) is 23.8 Å². The zero-order valence-electron chi connectivity index (χ0n) is 12.1. The van der Waals surface area contributed by atoms with Crippen LogP contribution in [-0.2, 0) is 17.6 Å². The summed E-state index contributed by atoms with van der Waals surface area (Å²) in [7, 11) is 0. The van der Waals surface area contributed by atoms with Crippen molar-refractivity contribution in [2.75, 3.05) is 11.1 Å². The molecule has 0 aliphatic carbocycles. The van der Waals surface area contributed by atoms with Gasteiger partial charge in [0, 0.05) is 13.0 Å². The fourth-order valence-electron chi connectivity index (χ4n) is 1.78. The van der Waals surface area contributed by atoms with Crippen molar-refractivity contribution in [1.29, 1.82) is 0 Å². The van der Waals surface area contributed by atoms with E-state index >= 15 is 0 Å². The van der Waals surface area contributed by atoms with E-state index < -0.39 is 11.7 Å². The minimum absolute atomic E-state index is 0.0457. The SMILES string of the molecule is CC(=O)Nc1ccc(OCc2ccc(C(F)(F)F)cc2)nc1N. The number of anilines is 2. The van der Waals surface area contributed by atoms with Crippen molar-refractivity contribution in [3.63, 3.8) is 0 Å². The fourth-order valence-corrected chi connectivity index (χ4v) is 1.78. The number of hydrogen-bond donors (Lipinski definition) is 2. The van der Waals surface area contributed by atoms with E-state index in [1.807, 2.05) is 0 Å². The summed E-state index contributed by atoms with van der Waals surface area (Å²) in [6, 6.07) is 7.67. The second-order valence-corrected chi connectivity index (χ2v) is 4.75. The van der Waals surface area contributed by atoms with Gasteiger partial charge < -0.3 is 15.8 Å². The number of pyridine rings is 1. The maximum atomic E-state index is 12.5. The maximum Gasteiger partial charge on any atom is 0.416 e. The van der Waals surface area contributed by atoms with E-state index in [0.717, 1.165) is 12.1 Å². The first-order valence-electron chi connectivity index (χ1n) is 6.59. The van der Waals surface area contributed by atoms with Crippen LogP contribution in [0.25, 0.3) is 0 Å². The van der Waals surface area contributed by atoms with Gasteiger partial charge in [-0.15, -0.1) is 0 Å². The number of halogens is 3. The number of carbonyl (C=O) groups excluding carboxylic acids is 1. The molecule has 0 saturated heterocycles. The van der Waals surface area contributed by atoms with Crippen molar-refractivity contribution in [1.82, 2.24) is 4.98 Å². The van der Waals surface area contributed by atoms with Crippen molar-refractivity contribution >= 4 is 17.4 Å². The average molecular weight is 325 g/mol. The van der Waals surface area contributed by atoms with Gasteiger partial charge in [0.1, 0.15) is 6.61 Å². The Kier molecular flexibility index (Phi) is 4.73. The molecule has 5 nitrogen and oxygen atoms in total. The van der Waals surface area contributed by atoms with Crippen molar-refractivity contribution in [2.24, 2.45) is 0 Å². The van der Waals surface area contributed by atoms with Crippen molar-refractivity contribution in [3.05, 3.63) is 47.5 Å². The molecule has 0 unspecified atom stereocenters. The molecule has 23 heavy (non-hydrogen) atoms. The van der Waals surface area contributed by atoms with Crippen LogP contribution in [0.4, 0.5) is 24.7 Å². The van der Waals surface area contributed by atoms with Crippen molar-refractivity contribution < 1.29 is 22.7 Å². The number of ether oxygens (including phenoxy) is 1. The second-order valence-electron chi connectivity index (χ2n) is 4.75. The Balaban J connectivity index is 2.01. The molecule has 2 aromatic rings. The zero-order chi connectivity index (χ0) is 17.0. The van der Waals surface area contributed by atoms with Crippen LogP contribution in [0, 0.1) is 0 Å². The topological polar surface area (TPSA) is 77.2 Å². The number of amides is 1. The Morgan fingerprint density at radius 3 is 2.39 bits per heavy atom. The molecule has 1 amide bonds. The van der Waals surface area contributed by atoms with E-state index in [1.54, 1.807) is 0 Å². The molecule has 1 aromatic heterocycles. The lowest BCUT2D eigenvalue weighted by molar-refractivity contribution is -0.137. The number of nitrogens with two attached hydrogens (primary N) is 1. The van der Waals surface area contributed by atoms with E-state index in [2.05, 4.69) is 10.3 Å². The second kappa shape index (κ2) is 6.55. The Labute approximate surface area is 130 Å². The molecule has 0 radical (unpaired) electrons. The number of aromatic nitrogens is 1. The van der Waals surface area contributed by atoms with Crippen LogP contribution in [-0.4, -0.2) is 10.9 Å². The largest absolute Gasteiger partial charge is 0.473 e. The summed E-state index contributed by atoms with van der Waals surface area (Å²) in [5, 5.41) is 2.51. The number of nitrogens with one attached hydrogen (secondary N) is 1. The lowest BCUT2D eigenvalue weighted by Gasteiger charge is -2.10. The van der Waals surface area contributed by atoms with Gasteiger partial charge in [-0.2, -0.15) is 18.2 Å². The number of hydrogen-bond acceptors (Lipinski definition) is 4. The number of carbonyl (C=O) groups is 1. The lowest BCUT2D eigenvalue weighted by atomic mass is 10.1. The van der Waals surface area contributed by atoms with Crippen LogP contribution >= 0.6 is 0 Å². The molecule has 122 valence electrons.